The molecule has 0 bridgehead atoms. The highest BCUT2D eigenvalue weighted by molar-refractivity contribution is 6.06. The van der Waals surface area contributed by atoms with Gasteiger partial charge in [0.2, 0.25) is 0 Å². The number of ketones is 1. The number of carbonyl (C=O) groups is 1. The Morgan fingerprint density at radius 1 is 1.13 bits per heavy atom. The summed E-state index contributed by atoms with van der Waals surface area (Å²) in [7, 11) is 1.57. The second kappa shape index (κ2) is 6.27. The van der Waals surface area contributed by atoms with Gasteiger partial charge in [0.05, 0.1) is 18.0 Å². The van der Waals surface area contributed by atoms with E-state index in [9.17, 15) is 9.59 Å². The van der Waals surface area contributed by atoms with E-state index >= 15 is 0 Å². The lowest BCUT2D eigenvalue weighted by Crippen LogP contribution is -2.09. The maximum atomic E-state index is 12.1. The van der Waals surface area contributed by atoms with E-state index in [4.69, 9.17) is 4.74 Å². The smallest absolute Gasteiger partial charge is 0.259 e. The first kappa shape index (κ1) is 14.7. The molecule has 1 heterocycles. The van der Waals surface area contributed by atoms with Gasteiger partial charge in [0.25, 0.3) is 5.56 Å². The number of benzene rings is 2. The Hall–Kier alpha value is -3.21. The van der Waals surface area contributed by atoms with Crippen molar-refractivity contribution in [3.63, 3.8) is 0 Å². The number of hydrogen-bond acceptors (Lipinski definition) is 4. The van der Waals surface area contributed by atoms with Gasteiger partial charge in [-0.1, -0.05) is 12.1 Å². The van der Waals surface area contributed by atoms with Crippen LogP contribution in [0.4, 0.5) is 0 Å². The fourth-order valence-corrected chi connectivity index (χ4v) is 2.19. The summed E-state index contributed by atoms with van der Waals surface area (Å²) in [4.78, 5) is 31.0. The third-order valence-corrected chi connectivity index (χ3v) is 3.40. The Morgan fingerprint density at radius 2 is 1.87 bits per heavy atom. The molecule has 0 aliphatic rings. The zero-order chi connectivity index (χ0) is 16.2. The highest BCUT2D eigenvalue weighted by Gasteiger charge is 2.04. The Kier molecular flexibility index (Phi) is 4.01. The Balaban J connectivity index is 1.87. The molecule has 2 aromatic carbocycles. The van der Waals surface area contributed by atoms with Crippen LogP contribution in [0.1, 0.15) is 16.2 Å². The molecule has 0 unspecified atom stereocenters. The Bertz CT molecular complexity index is 940. The number of hydrogen-bond donors (Lipinski definition) is 1. The summed E-state index contributed by atoms with van der Waals surface area (Å²) in [6.45, 7) is 0. The fraction of sp³-hybridized carbons (Fsp3) is 0.0556. The summed E-state index contributed by atoms with van der Waals surface area (Å²) in [5.74, 6) is 0.852. The summed E-state index contributed by atoms with van der Waals surface area (Å²) >= 11 is 0. The summed E-state index contributed by atoms with van der Waals surface area (Å²) in [6, 6.07) is 13.9. The number of ether oxygens (including phenoxy) is 1. The maximum absolute atomic E-state index is 12.1. The number of fused-ring (bicyclic) bond motifs is 1. The quantitative estimate of drug-likeness (QED) is 0.594. The minimum absolute atomic E-state index is 0.177. The lowest BCUT2D eigenvalue weighted by Gasteiger charge is -2.00. The van der Waals surface area contributed by atoms with E-state index in [-0.39, 0.29) is 11.3 Å². The number of aromatic nitrogens is 2. The minimum Gasteiger partial charge on any atom is -0.497 e. The zero-order valence-electron chi connectivity index (χ0n) is 12.4. The van der Waals surface area contributed by atoms with E-state index in [1.807, 2.05) is 6.07 Å². The van der Waals surface area contributed by atoms with Crippen LogP contribution in [0.5, 0.6) is 5.75 Å². The number of allylic oxidation sites excluding steroid dienone is 1. The van der Waals surface area contributed by atoms with Crippen molar-refractivity contribution in [1.82, 2.24) is 9.97 Å². The molecular weight excluding hydrogens is 292 g/mol. The number of methoxy groups -OCH3 is 1. The zero-order valence-corrected chi connectivity index (χ0v) is 12.4. The minimum atomic E-state index is -0.229. The highest BCUT2D eigenvalue weighted by Crippen LogP contribution is 2.12. The van der Waals surface area contributed by atoms with Crippen molar-refractivity contribution in [3.05, 3.63) is 76.3 Å². The highest BCUT2D eigenvalue weighted by atomic mass is 16.5. The maximum Gasteiger partial charge on any atom is 0.259 e. The number of nitrogens with zero attached hydrogens (tertiary/aromatic N) is 1. The summed E-state index contributed by atoms with van der Waals surface area (Å²) < 4.78 is 5.05. The molecule has 0 aliphatic heterocycles. The van der Waals surface area contributed by atoms with E-state index in [0.717, 1.165) is 0 Å². The van der Waals surface area contributed by atoms with Gasteiger partial charge in [-0.2, -0.15) is 0 Å². The molecule has 1 N–H and O–H groups in total. The van der Waals surface area contributed by atoms with Gasteiger partial charge >= 0.3 is 0 Å². The van der Waals surface area contributed by atoms with Crippen LogP contribution in [0.3, 0.4) is 0 Å². The third-order valence-electron chi connectivity index (χ3n) is 3.40. The molecule has 0 radical (unpaired) electrons. The van der Waals surface area contributed by atoms with Gasteiger partial charge in [-0.15, -0.1) is 0 Å². The standard InChI is InChI=1S/C18H14N2O3/c1-23-13-8-6-12(7-9-13)16(21)10-11-17-19-15-5-3-2-4-14(15)18(22)20-17/h2-11H,1H3,(H,19,20,22)/b11-10+. The largest absolute Gasteiger partial charge is 0.497 e. The average molecular weight is 306 g/mol. The van der Waals surface area contributed by atoms with Crippen LogP contribution in [0.2, 0.25) is 0 Å². The number of carbonyl (C=O) groups excluding carboxylic acids is 1. The van der Waals surface area contributed by atoms with Crippen molar-refractivity contribution in [2.45, 2.75) is 0 Å². The monoisotopic (exact) mass is 306 g/mol. The van der Waals surface area contributed by atoms with Crippen molar-refractivity contribution in [2.75, 3.05) is 7.11 Å². The molecule has 0 amide bonds. The summed E-state index contributed by atoms with van der Waals surface area (Å²) in [6.07, 6.45) is 2.88. The van der Waals surface area contributed by atoms with E-state index in [1.165, 1.54) is 12.2 Å². The van der Waals surface area contributed by atoms with E-state index in [0.29, 0.717) is 28.0 Å². The summed E-state index contributed by atoms with van der Waals surface area (Å²) in [5.41, 5.74) is 0.894. The Morgan fingerprint density at radius 3 is 2.61 bits per heavy atom. The summed E-state index contributed by atoms with van der Waals surface area (Å²) in [5, 5.41) is 0.520. The predicted molar refractivity (Wildman–Crippen MR) is 88.7 cm³/mol. The van der Waals surface area contributed by atoms with Gasteiger partial charge in [0, 0.05) is 5.56 Å². The lowest BCUT2D eigenvalue weighted by molar-refractivity contribution is 0.104. The second-order valence-electron chi connectivity index (χ2n) is 4.89. The van der Waals surface area contributed by atoms with Crippen molar-refractivity contribution < 1.29 is 9.53 Å². The van der Waals surface area contributed by atoms with Crippen LogP contribution in [0, 0.1) is 0 Å². The van der Waals surface area contributed by atoms with Crippen LogP contribution in [0.25, 0.3) is 17.0 Å². The van der Waals surface area contributed by atoms with Gasteiger partial charge in [-0.05, 0) is 48.6 Å². The van der Waals surface area contributed by atoms with Crippen molar-refractivity contribution in [2.24, 2.45) is 0 Å². The topological polar surface area (TPSA) is 72.0 Å². The van der Waals surface area contributed by atoms with Crippen molar-refractivity contribution in [1.29, 1.82) is 0 Å². The Labute approximate surface area is 132 Å². The normalized spacial score (nSPS) is 11.0. The molecule has 5 heteroatoms. The molecular formula is C18H14N2O3. The molecule has 1 aromatic heterocycles. The van der Waals surface area contributed by atoms with Gasteiger partial charge in [-0.3, -0.25) is 9.59 Å². The third kappa shape index (κ3) is 3.18. The van der Waals surface area contributed by atoms with Crippen LogP contribution in [-0.4, -0.2) is 22.9 Å². The van der Waals surface area contributed by atoms with Crippen LogP contribution < -0.4 is 10.3 Å². The first-order chi connectivity index (χ1) is 11.2. The molecule has 0 fully saturated rings. The molecule has 114 valence electrons. The van der Waals surface area contributed by atoms with Gasteiger partial charge in [0.15, 0.2) is 5.78 Å². The van der Waals surface area contributed by atoms with Crippen molar-refractivity contribution in [3.8, 4) is 5.75 Å². The van der Waals surface area contributed by atoms with Crippen LogP contribution in [0.15, 0.2) is 59.4 Å². The van der Waals surface area contributed by atoms with Gasteiger partial charge in [0.1, 0.15) is 11.6 Å². The molecule has 5 nitrogen and oxygen atoms in total. The molecule has 3 aromatic rings. The second-order valence-corrected chi connectivity index (χ2v) is 4.89. The molecule has 3 rings (SSSR count). The molecule has 23 heavy (non-hydrogen) atoms. The number of aromatic amines is 1. The fourth-order valence-electron chi connectivity index (χ4n) is 2.19. The number of H-pyrrole nitrogens is 1. The SMILES string of the molecule is COc1ccc(C(=O)/C=C/c2nc3ccccc3c(=O)[nH]2)cc1. The molecule has 0 saturated carbocycles. The van der Waals surface area contributed by atoms with Crippen molar-refractivity contribution >= 4 is 22.8 Å². The van der Waals surface area contributed by atoms with Gasteiger partial charge in [-0.25, -0.2) is 4.98 Å². The van der Waals surface area contributed by atoms with E-state index in [2.05, 4.69) is 9.97 Å². The number of rotatable bonds is 4. The van der Waals surface area contributed by atoms with Crippen LogP contribution >= 0.6 is 0 Å². The van der Waals surface area contributed by atoms with E-state index in [1.54, 1.807) is 49.6 Å². The molecule has 0 saturated heterocycles. The predicted octanol–water partition coefficient (Wildman–Crippen LogP) is 2.83. The van der Waals surface area contributed by atoms with E-state index < -0.39 is 0 Å². The molecule has 0 spiro atoms. The molecule has 0 aliphatic carbocycles. The number of nitrogens with one attached hydrogen (secondary N) is 1. The first-order valence-electron chi connectivity index (χ1n) is 7.03. The number of para-hydroxylation sites is 1. The molecule has 0 atom stereocenters. The average Bonchev–Trinajstić information content (AvgIpc) is 2.60. The first-order valence-corrected chi connectivity index (χ1v) is 7.03. The van der Waals surface area contributed by atoms with Crippen LogP contribution in [-0.2, 0) is 0 Å². The lowest BCUT2D eigenvalue weighted by atomic mass is 10.1. The van der Waals surface area contributed by atoms with Gasteiger partial charge < -0.3 is 9.72 Å².